The van der Waals surface area contributed by atoms with E-state index in [0.29, 0.717) is 29.8 Å². The summed E-state index contributed by atoms with van der Waals surface area (Å²) >= 11 is 0. The molecular formula is C25H27N3O4. The molecule has 0 bridgehead atoms. The van der Waals surface area contributed by atoms with E-state index in [1.165, 1.54) is 4.68 Å². The van der Waals surface area contributed by atoms with Gasteiger partial charge in [0.1, 0.15) is 0 Å². The standard InChI is InChI=1S/C25H27N3O4/c1-17-12-14-27(15-13-17)23(29)18(2)32-25(31)22-20-10-6-7-11-21(20)24(30)28(26-22)16-19-8-4-3-5-9-19/h3-11,17-18H,12-16H2,1-2H3. The van der Waals surface area contributed by atoms with Crippen LogP contribution in [-0.4, -0.2) is 45.8 Å². The van der Waals surface area contributed by atoms with E-state index in [9.17, 15) is 14.4 Å². The monoisotopic (exact) mass is 433 g/mol. The van der Waals surface area contributed by atoms with Gasteiger partial charge in [0, 0.05) is 18.5 Å². The van der Waals surface area contributed by atoms with Gasteiger partial charge in [-0.05, 0) is 37.3 Å². The molecule has 1 amide bonds. The van der Waals surface area contributed by atoms with Crippen LogP contribution in [0.2, 0.25) is 0 Å². The molecule has 1 aliphatic heterocycles. The van der Waals surface area contributed by atoms with E-state index in [-0.39, 0.29) is 23.7 Å². The van der Waals surface area contributed by atoms with Crippen molar-refractivity contribution in [2.24, 2.45) is 5.92 Å². The van der Waals surface area contributed by atoms with Gasteiger partial charge in [-0.2, -0.15) is 5.10 Å². The molecule has 2 aromatic carbocycles. The second kappa shape index (κ2) is 9.34. The van der Waals surface area contributed by atoms with Crippen LogP contribution in [-0.2, 0) is 16.1 Å². The average molecular weight is 434 g/mol. The number of amides is 1. The Labute approximate surface area is 186 Å². The molecule has 1 saturated heterocycles. The summed E-state index contributed by atoms with van der Waals surface area (Å²) in [6.07, 6.45) is 0.970. The van der Waals surface area contributed by atoms with E-state index in [2.05, 4.69) is 12.0 Å². The number of fused-ring (bicyclic) bond motifs is 1. The Balaban J connectivity index is 1.61. The minimum atomic E-state index is -0.925. The van der Waals surface area contributed by atoms with Crippen LogP contribution < -0.4 is 5.56 Å². The van der Waals surface area contributed by atoms with Crippen molar-refractivity contribution in [2.45, 2.75) is 39.3 Å². The van der Waals surface area contributed by atoms with E-state index in [1.807, 2.05) is 30.3 Å². The first-order chi connectivity index (χ1) is 15.4. The molecule has 3 aromatic rings. The molecule has 1 unspecified atom stereocenters. The van der Waals surface area contributed by atoms with Crippen molar-refractivity contribution in [3.05, 3.63) is 76.2 Å². The highest BCUT2D eigenvalue weighted by atomic mass is 16.5. The Hall–Kier alpha value is -3.48. The first kappa shape index (κ1) is 21.7. The molecule has 0 saturated carbocycles. The maximum absolute atomic E-state index is 13.1. The van der Waals surface area contributed by atoms with Crippen LogP contribution in [0.3, 0.4) is 0 Å². The maximum Gasteiger partial charge on any atom is 0.360 e. The zero-order chi connectivity index (χ0) is 22.7. The van der Waals surface area contributed by atoms with E-state index in [4.69, 9.17) is 4.74 Å². The Bertz CT molecular complexity index is 1180. The first-order valence-corrected chi connectivity index (χ1v) is 11.0. The highest BCUT2D eigenvalue weighted by Gasteiger charge is 2.28. The molecular weight excluding hydrogens is 406 g/mol. The normalized spacial score (nSPS) is 15.5. The number of aromatic nitrogens is 2. The van der Waals surface area contributed by atoms with Crippen molar-refractivity contribution in [3.63, 3.8) is 0 Å². The number of esters is 1. The van der Waals surface area contributed by atoms with Gasteiger partial charge >= 0.3 is 5.97 Å². The summed E-state index contributed by atoms with van der Waals surface area (Å²) in [7, 11) is 0. The summed E-state index contributed by atoms with van der Waals surface area (Å²) in [4.78, 5) is 40.5. The van der Waals surface area contributed by atoms with E-state index in [1.54, 1.807) is 36.1 Å². The molecule has 0 radical (unpaired) electrons. The largest absolute Gasteiger partial charge is 0.448 e. The fraction of sp³-hybridized carbons (Fsp3) is 0.360. The maximum atomic E-state index is 13.1. The number of benzene rings is 2. The SMILES string of the molecule is CC1CCN(C(=O)C(C)OC(=O)c2nn(Cc3ccccc3)c(=O)c3ccccc23)CC1. The summed E-state index contributed by atoms with van der Waals surface area (Å²) < 4.78 is 6.79. The van der Waals surface area contributed by atoms with Gasteiger partial charge < -0.3 is 9.64 Å². The number of hydrogen-bond acceptors (Lipinski definition) is 5. The number of piperidine rings is 1. The lowest BCUT2D eigenvalue weighted by Crippen LogP contribution is -2.44. The zero-order valence-corrected chi connectivity index (χ0v) is 18.4. The third kappa shape index (κ3) is 4.56. The molecule has 1 aromatic heterocycles. The second-order valence-corrected chi connectivity index (χ2v) is 8.40. The van der Waals surface area contributed by atoms with Crippen molar-refractivity contribution in [1.29, 1.82) is 0 Å². The highest BCUT2D eigenvalue weighted by molar-refractivity contribution is 6.02. The highest BCUT2D eigenvalue weighted by Crippen LogP contribution is 2.19. The van der Waals surface area contributed by atoms with Crippen LogP contribution in [0.1, 0.15) is 42.7 Å². The number of rotatable bonds is 5. The lowest BCUT2D eigenvalue weighted by atomic mass is 9.99. The molecule has 0 N–H and O–H groups in total. The molecule has 1 fully saturated rings. The predicted molar refractivity (Wildman–Crippen MR) is 121 cm³/mol. The summed E-state index contributed by atoms with van der Waals surface area (Å²) in [6.45, 7) is 5.33. The Morgan fingerprint density at radius 2 is 1.66 bits per heavy atom. The van der Waals surface area contributed by atoms with Crippen LogP contribution in [0.5, 0.6) is 0 Å². The van der Waals surface area contributed by atoms with Crippen molar-refractivity contribution < 1.29 is 14.3 Å². The number of hydrogen-bond donors (Lipinski definition) is 0. The number of nitrogens with zero attached hydrogens (tertiary/aromatic N) is 3. The van der Waals surface area contributed by atoms with Crippen molar-refractivity contribution in [1.82, 2.24) is 14.7 Å². The summed E-state index contributed by atoms with van der Waals surface area (Å²) in [5.41, 5.74) is 0.634. The summed E-state index contributed by atoms with van der Waals surface area (Å²) in [5.74, 6) is -0.320. The van der Waals surface area contributed by atoms with Crippen LogP contribution in [0.4, 0.5) is 0 Å². The third-order valence-corrected chi connectivity index (χ3v) is 5.96. The van der Waals surface area contributed by atoms with E-state index < -0.39 is 12.1 Å². The molecule has 1 aliphatic rings. The Kier molecular flexibility index (Phi) is 6.35. The topological polar surface area (TPSA) is 81.5 Å². The fourth-order valence-electron chi connectivity index (χ4n) is 4.00. The first-order valence-electron chi connectivity index (χ1n) is 11.0. The number of carbonyl (C=O) groups is 2. The van der Waals surface area contributed by atoms with Gasteiger partial charge in [-0.15, -0.1) is 0 Å². The Morgan fingerprint density at radius 1 is 1.03 bits per heavy atom. The van der Waals surface area contributed by atoms with Gasteiger partial charge in [0.25, 0.3) is 11.5 Å². The van der Waals surface area contributed by atoms with E-state index >= 15 is 0 Å². The smallest absolute Gasteiger partial charge is 0.360 e. The number of likely N-dealkylation sites (tertiary alicyclic amines) is 1. The molecule has 2 heterocycles. The second-order valence-electron chi connectivity index (χ2n) is 8.40. The number of carbonyl (C=O) groups excluding carboxylic acids is 2. The lowest BCUT2D eigenvalue weighted by Gasteiger charge is -2.31. The average Bonchev–Trinajstić information content (AvgIpc) is 2.81. The lowest BCUT2D eigenvalue weighted by molar-refractivity contribution is -0.141. The van der Waals surface area contributed by atoms with Crippen molar-refractivity contribution in [3.8, 4) is 0 Å². The summed E-state index contributed by atoms with van der Waals surface area (Å²) in [5, 5.41) is 5.13. The van der Waals surface area contributed by atoms with E-state index in [0.717, 1.165) is 18.4 Å². The van der Waals surface area contributed by atoms with Gasteiger partial charge in [-0.1, -0.05) is 55.5 Å². The van der Waals surface area contributed by atoms with Gasteiger partial charge in [-0.3, -0.25) is 9.59 Å². The molecule has 1 atom stereocenters. The number of ether oxygens (including phenoxy) is 1. The van der Waals surface area contributed by atoms with Gasteiger partial charge in [0.05, 0.1) is 11.9 Å². The van der Waals surface area contributed by atoms with Crippen molar-refractivity contribution in [2.75, 3.05) is 13.1 Å². The fourth-order valence-corrected chi connectivity index (χ4v) is 4.00. The van der Waals surface area contributed by atoms with Gasteiger partial charge in [0.15, 0.2) is 11.8 Å². The zero-order valence-electron chi connectivity index (χ0n) is 18.4. The van der Waals surface area contributed by atoms with Crippen molar-refractivity contribution >= 4 is 22.6 Å². The van der Waals surface area contributed by atoms with Crippen LogP contribution in [0.25, 0.3) is 10.8 Å². The van der Waals surface area contributed by atoms with Gasteiger partial charge in [-0.25, -0.2) is 9.48 Å². The quantitative estimate of drug-likeness (QED) is 0.577. The minimum Gasteiger partial charge on any atom is -0.448 e. The summed E-state index contributed by atoms with van der Waals surface area (Å²) in [6, 6.07) is 16.3. The molecule has 166 valence electrons. The Morgan fingerprint density at radius 3 is 2.34 bits per heavy atom. The molecule has 32 heavy (non-hydrogen) atoms. The predicted octanol–water partition coefficient (Wildman–Crippen LogP) is 3.25. The minimum absolute atomic E-state index is 0.0306. The third-order valence-electron chi connectivity index (χ3n) is 5.96. The molecule has 0 spiro atoms. The van der Waals surface area contributed by atoms with Crippen LogP contribution >= 0.6 is 0 Å². The van der Waals surface area contributed by atoms with Gasteiger partial charge in [0.2, 0.25) is 0 Å². The van der Waals surface area contributed by atoms with Crippen LogP contribution in [0.15, 0.2) is 59.4 Å². The van der Waals surface area contributed by atoms with Crippen LogP contribution in [0, 0.1) is 5.92 Å². The molecule has 4 rings (SSSR count). The molecule has 7 heteroatoms. The molecule has 7 nitrogen and oxygen atoms in total. The molecule has 0 aliphatic carbocycles.